The molecule has 0 heterocycles. The Morgan fingerprint density at radius 2 is 2.45 bits per heavy atom. The van der Waals surface area contributed by atoms with E-state index in [2.05, 4.69) is 12.6 Å². The van der Waals surface area contributed by atoms with Gasteiger partial charge in [0.05, 0.1) is 10.2 Å². The largest absolute Gasteiger partial charge is 0.399 e. The molecule has 0 aromatic heterocycles. The lowest BCUT2D eigenvalue weighted by Crippen LogP contribution is -2.17. The maximum Gasteiger partial charge on any atom is 0.131 e. The summed E-state index contributed by atoms with van der Waals surface area (Å²) in [5.74, 6) is 0. The van der Waals surface area contributed by atoms with Crippen LogP contribution in [-0.2, 0) is 4.79 Å². The minimum absolute atomic E-state index is 0.284. The molecule has 0 spiro atoms. The summed E-state index contributed by atoms with van der Waals surface area (Å²) in [4.78, 5) is 10.7. The van der Waals surface area contributed by atoms with Crippen LogP contribution in [0.2, 0.25) is 0 Å². The SMILES string of the molecule is NC1=CC2(S)CC2(C=O)C=C1. The van der Waals surface area contributed by atoms with Gasteiger partial charge < -0.3 is 10.5 Å². The molecule has 2 aliphatic rings. The second kappa shape index (κ2) is 1.72. The molecule has 11 heavy (non-hydrogen) atoms. The molecule has 2 atom stereocenters. The number of thiol groups is 1. The molecule has 2 nitrogen and oxygen atoms in total. The van der Waals surface area contributed by atoms with E-state index in [1.807, 2.05) is 12.2 Å². The van der Waals surface area contributed by atoms with E-state index < -0.39 is 0 Å². The third kappa shape index (κ3) is 0.717. The zero-order valence-electron chi connectivity index (χ0n) is 5.95. The van der Waals surface area contributed by atoms with Crippen molar-refractivity contribution in [2.75, 3.05) is 0 Å². The summed E-state index contributed by atoms with van der Waals surface area (Å²) in [6.45, 7) is 0. The minimum Gasteiger partial charge on any atom is -0.399 e. The lowest BCUT2D eigenvalue weighted by molar-refractivity contribution is -0.110. The normalized spacial score (nSPS) is 46.1. The van der Waals surface area contributed by atoms with E-state index >= 15 is 0 Å². The van der Waals surface area contributed by atoms with Crippen molar-refractivity contribution in [2.24, 2.45) is 11.1 Å². The van der Waals surface area contributed by atoms with Gasteiger partial charge in [0.1, 0.15) is 6.29 Å². The van der Waals surface area contributed by atoms with E-state index in [-0.39, 0.29) is 10.2 Å². The zero-order chi connectivity index (χ0) is 8.11. The third-order valence-corrected chi connectivity index (χ3v) is 3.14. The van der Waals surface area contributed by atoms with Gasteiger partial charge in [0.2, 0.25) is 0 Å². The van der Waals surface area contributed by atoms with E-state index in [4.69, 9.17) is 5.73 Å². The van der Waals surface area contributed by atoms with E-state index in [0.717, 1.165) is 12.7 Å². The van der Waals surface area contributed by atoms with E-state index in [0.29, 0.717) is 5.70 Å². The molecule has 2 N–H and O–H groups in total. The molecule has 1 fully saturated rings. The summed E-state index contributed by atoms with van der Waals surface area (Å²) in [6.07, 6.45) is 7.21. The fourth-order valence-electron chi connectivity index (χ4n) is 1.54. The van der Waals surface area contributed by atoms with Gasteiger partial charge in [0, 0.05) is 5.70 Å². The average molecular weight is 167 g/mol. The van der Waals surface area contributed by atoms with Crippen LogP contribution in [0.3, 0.4) is 0 Å². The first kappa shape index (κ1) is 6.98. The first-order chi connectivity index (χ1) is 5.12. The molecular weight excluding hydrogens is 158 g/mol. The summed E-state index contributed by atoms with van der Waals surface area (Å²) in [5.41, 5.74) is 5.92. The smallest absolute Gasteiger partial charge is 0.131 e. The summed E-state index contributed by atoms with van der Waals surface area (Å²) < 4.78 is -0.284. The number of aldehydes is 1. The Morgan fingerprint density at radius 3 is 3.00 bits per heavy atom. The van der Waals surface area contributed by atoms with Gasteiger partial charge in [-0.3, -0.25) is 0 Å². The van der Waals surface area contributed by atoms with Gasteiger partial charge in [0.25, 0.3) is 0 Å². The highest BCUT2D eigenvalue weighted by Gasteiger charge is 2.64. The molecular formula is C8H9NOS. The molecule has 0 saturated heterocycles. The Kier molecular flexibility index (Phi) is 1.09. The lowest BCUT2D eigenvalue weighted by Gasteiger charge is -2.13. The molecule has 2 rings (SSSR count). The van der Waals surface area contributed by atoms with Gasteiger partial charge in [-0.15, -0.1) is 0 Å². The number of rotatable bonds is 1. The lowest BCUT2D eigenvalue weighted by atomic mass is 10.00. The highest BCUT2D eigenvalue weighted by Crippen LogP contribution is 2.63. The van der Waals surface area contributed by atoms with Crippen molar-refractivity contribution in [3.63, 3.8) is 0 Å². The standard InChI is InChI=1S/C8H9NOS/c9-6-1-2-7(5-10)4-8(7,11)3-6/h1-3,5,11H,4,9H2. The highest BCUT2D eigenvalue weighted by atomic mass is 32.1. The summed E-state index contributed by atoms with van der Waals surface area (Å²) in [7, 11) is 0. The zero-order valence-corrected chi connectivity index (χ0v) is 6.84. The predicted molar refractivity (Wildman–Crippen MR) is 46.2 cm³/mol. The Labute approximate surface area is 70.6 Å². The second-order valence-electron chi connectivity index (χ2n) is 3.24. The van der Waals surface area contributed by atoms with Crippen LogP contribution in [0, 0.1) is 5.41 Å². The summed E-state index contributed by atoms with van der Waals surface area (Å²) in [6, 6.07) is 0. The van der Waals surface area contributed by atoms with Gasteiger partial charge in [-0.1, -0.05) is 6.08 Å². The molecule has 1 saturated carbocycles. The molecule has 0 aromatic rings. The number of carbonyl (C=O) groups is 1. The maximum absolute atomic E-state index is 10.7. The summed E-state index contributed by atoms with van der Waals surface area (Å²) >= 11 is 4.38. The third-order valence-electron chi connectivity index (χ3n) is 2.43. The number of fused-ring (bicyclic) bond motifs is 1. The molecule has 0 amide bonds. The molecule has 0 bridgehead atoms. The van der Waals surface area contributed by atoms with Crippen molar-refractivity contribution in [3.8, 4) is 0 Å². The molecule has 3 heteroatoms. The Morgan fingerprint density at radius 1 is 1.73 bits per heavy atom. The van der Waals surface area contributed by atoms with Crippen molar-refractivity contribution < 1.29 is 4.79 Å². The summed E-state index contributed by atoms with van der Waals surface area (Å²) in [5, 5.41) is 0. The first-order valence-electron chi connectivity index (χ1n) is 3.48. The van der Waals surface area contributed by atoms with Gasteiger partial charge in [-0.25, -0.2) is 0 Å². The van der Waals surface area contributed by atoms with Gasteiger partial charge >= 0.3 is 0 Å². The van der Waals surface area contributed by atoms with E-state index in [1.165, 1.54) is 0 Å². The fraction of sp³-hybridized carbons (Fsp3) is 0.375. The molecule has 0 radical (unpaired) electrons. The second-order valence-corrected chi connectivity index (χ2v) is 4.03. The van der Waals surface area contributed by atoms with Crippen LogP contribution in [0.1, 0.15) is 6.42 Å². The fourth-order valence-corrected chi connectivity index (χ4v) is 2.08. The number of nitrogens with two attached hydrogens (primary N) is 1. The van der Waals surface area contributed by atoms with Gasteiger partial charge in [-0.05, 0) is 18.6 Å². The molecule has 0 aromatic carbocycles. The quantitative estimate of drug-likeness (QED) is 0.445. The monoisotopic (exact) mass is 167 g/mol. The number of carbonyl (C=O) groups excluding carboxylic acids is 1. The Bertz CT molecular complexity index is 284. The predicted octanol–water partition coefficient (Wildman–Crippen LogP) is 0.656. The van der Waals surface area contributed by atoms with Crippen LogP contribution < -0.4 is 5.73 Å². The number of hydrogen-bond donors (Lipinski definition) is 2. The molecule has 0 aliphatic heterocycles. The molecule has 2 aliphatic carbocycles. The van der Waals surface area contributed by atoms with Crippen molar-refractivity contribution in [1.29, 1.82) is 0 Å². The van der Waals surface area contributed by atoms with E-state index in [9.17, 15) is 4.79 Å². The number of allylic oxidation sites excluding steroid dienone is 2. The van der Waals surface area contributed by atoms with Crippen molar-refractivity contribution >= 4 is 18.9 Å². The Hall–Kier alpha value is -0.700. The molecule has 2 unspecified atom stereocenters. The topological polar surface area (TPSA) is 43.1 Å². The van der Waals surface area contributed by atoms with Gasteiger partial charge in [0.15, 0.2) is 0 Å². The average Bonchev–Trinajstić information content (AvgIpc) is 2.55. The van der Waals surface area contributed by atoms with Crippen LogP contribution in [0.15, 0.2) is 23.9 Å². The van der Waals surface area contributed by atoms with Crippen molar-refractivity contribution in [1.82, 2.24) is 0 Å². The Balaban J connectivity index is 2.41. The highest BCUT2D eigenvalue weighted by molar-refractivity contribution is 7.82. The van der Waals surface area contributed by atoms with Crippen LogP contribution in [0.5, 0.6) is 0 Å². The van der Waals surface area contributed by atoms with Crippen molar-refractivity contribution in [2.45, 2.75) is 11.2 Å². The van der Waals surface area contributed by atoms with Crippen LogP contribution >= 0.6 is 12.6 Å². The van der Waals surface area contributed by atoms with Crippen LogP contribution in [-0.4, -0.2) is 11.0 Å². The van der Waals surface area contributed by atoms with Gasteiger partial charge in [-0.2, -0.15) is 12.6 Å². The van der Waals surface area contributed by atoms with Crippen molar-refractivity contribution in [3.05, 3.63) is 23.9 Å². The first-order valence-corrected chi connectivity index (χ1v) is 3.93. The van der Waals surface area contributed by atoms with Crippen LogP contribution in [0.4, 0.5) is 0 Å². The van der Waals surface area contributed by atoms with E-state index in [1.54, 1.807) is 6.08 Å². The van der Waals surface area contributed by atoms with Crippen LogP contribution in [0.25, 0.3) is 0 Å². The number of hydrogen-bond acceptors (Lipinski definition) is 3. The molecule has 58 valence electrons. The minimum atomic E-state index is -0.348. The maximum atomic E-state index is 10.7.